The minimum absolute atomic E-state index is 0.0534. The number of ether oxygens (including phenoxy) is 1. The van der Waals surface area contributed by atoms with E-state index < -0.39 is 0 Å². The molecule has 0 spiro atoms. The first-order valence-electron chi connectivity index (χ1n) is 9.10. The van der Waals surface area contributed by atoms with Crippen molar-refractivity contribution in [3.63, 3.8) is 0 Å². The molecular weight excluding hydrogens is 326 g/mol. The maximum atomic E-state index is 12.5. The van der Waals surface area contributed by atoms with Crippen molar-refractivity contribution in [2.45, 2.75) is 26.8 Å². The molecule has 138 valence electrons. The fraction of sp³-hybridized carbons (Fsp3) is 0.381. The second-order valence-electron chi connectivity index (χ2n) is 6.80. The SMILES string of the molecule is Cc1ccc(N[C@@H](C)C(=O)Nc2ccc(N3CCOCC3)cc2)cc1C. The third kappa shape index (κ3) is 4.55. The average molecular weight is 353 g/mol. The van der Waals surface area contributed by atoms with Crippen LogP contribution in [0.1, 0.15) is 18.1 Å². The van der Waals surface area contributed by atoms with E-state index in [0.29, 0.717) is 0 Å². The van der Waals surface area contributed by atoms with Gasteiger partial charge in [0.2, 0.25) is 5.91 Å². The van der Waals surface area contributed by atoms with Gasteiger partial charge in [0, 0.05) is 30.2 Å². The lowest BCUT2D eigenvalue weighted by Gasteiger charge is -2.29. The van der Waals surface area contributed by atoms with Crippen LogP contribution in [0.4, 0.5) is 17.1 Å². The molecule has 1 atom stereocenters. The van der Waals surface area contributed by atoms with Crippen LogP contribution in [0.2, 0.25) is 0 Å². The van der Waals surface area contributed by atoms with Crippen LogP contribution in [-0.2, 0) is 9.53 Å². The highest BCUT2D eigenvalue weighted by molar-refractivity contribution is 5.96. The van der Waals surface area contributed by atoms with Crippen molar-refractivity contribution in [3.05, 3.63) is 53.6 Å². The minimum atomic E-state index is -0.323. The van der Waals surface area contributed by atoms with Gasteiger partial charge in [-0.1, -0.05) is 6.07 Å². The number of rotatable bonds is 5. The monoisotopic (exact) mass is 353 g/mol. The van der Waals surface area contributed by atoms with E-state index >= 15 is 0 Å². The van der Waals surface area contributed by atoms with Crippen LogP contribution < -0.4 is 15.5 Å². The van der Waals surface area contributed by atoms with Crippen LogP contribution in [0.15, 0.2) is 42.5 Å². The third-order valence-electron chi connectivity index (χ3n) is 4.79. The molecule has 1 saturated heterocycles. The van der Waals surface area contributed by atoms with Crippen LogP contribution in [0, 0.1) is 13.8 Å². The lowest BCUT2D eigenvalue weighted by atomic mass is 10.1. The summed E-state index contributed by atoms with van der Waals surface area (Å²) in [4.78, 5) is 14.7. The van der Waals surface area contributed by atoms with Gasteiger partial charge in [-0.15, -0.1) is 0 Å². The van der Waals surface area contributed by atoms with Crippen LogP contribution in [-0.4, -0.2) is 38.3 Å². The zero-order valence-corrected chi connectivity index (χ0v) is 15.7. The molecule has 0 saturated carbocycles. The topological polar surface area (TPSA) is 53.6 Å². The van der Waals surface area contributed by atoms with Gasteiger partial charge in [-0.2, -0.15) is 0 Å². The molecule has 3 rings (SSSR count). The molecule has 0 unspecified atom stereocenters. The van der Waals surface area contributed by atoms with Crippen molar-refractivity contribution in [2.75, 3.05) is 41.8 Å². The molecule has 0 radical (unpaired) electrons. The van der Waals surface area contributed by atoms with Gasteiger partial charge in [-0.25, -0.2) is 0 Å². The molecule has 2 N–H and O–H groups in total. The Labute approximate surface area is 155 Å². The molecule has 0 bridgehead atoms. The highest BCUT2D eigenvalue weighted by atomic mass is 16.5. The molecule has 1 aliphatic heterocycles. The third-order valence-corrected chi connectivity index (χ3v) is 4.79. The van der Waals surface area contributed by atoms with E-state index in [9.17, 15) is 4.79 Å². The van der Waals surface area contributed by atoms with Crippen molar-refractivity contribution in [1.82, 2.24) is 0 Å². The number of amides is 1. The molecule has 2 aromatic rings. The number of aryl methyl sites for hydroxylation is 2. The average Bonchev–Trinajstić information content (AvgIpc) is 2.66. The van der Waals surface area contributed by atoms with Crippen LogP contribution in [0.5, 0.6) is 0 Å². The quantitative estimate of drug-likeness (QED) is 0.863. The second kappa shape index (κ2) is 8.23. The molecule has 5 nitrogen and oxygen atoms in total. The number of carbonyl (C=O) groups is 1. The van der Waals surface area contributed by atoms with Gasteiger partial charge in [0.1, 0.15) is 6.04 Å². The van der Waals surface area contributed by atoms with Crippen molar-refractivity contribution in [2.24, 2.45) is 0 Å². The number of benzene rings is 2. The summed E-state index contributed by atoms with van der Waals surface area (Å²) >= 11 is 0. The van der Waals surface area contributed by atoms with E-state index in [4.69, 9.17) is 4.74 Å². The van der Waals surface area contributed by atoms with E-state index in [1.54, 1.807) is 0 Å². The maximum Gasteiger partial charge on any atom is 0.246 e. The van der Waals surface area contributed by atoms with Crippen LogP contribution in [0.3, 0.4) is 0 Å². The number of nitrogens with zero attached hydrogens (tertiary/aromatic N) is 1. The summed E-state index contributed by atoms with van der Waals surface area (Å²) in [7, 11) is 0. The molecule has 1 fully saturated rings. The molecule has 0 aromatic heterocycles. The first-order valence-corrected chi connectivity index (χ1v) is 9.10. The van der Waals surface area contributed by atoms with Crippen molar-refractivity contribution in [3.8, 4) is 0 Å². The van der Waals surface area contributed by atoms with Gasteiger partial charge in [0.15, 0.2) is 0 Å². The molecule has 0 aliphatic carbocycles. The van der Waals surface area contributed by atoms with E-state index in [1.165, 1.54) is 11.1 Å². The highest BCUT2D eigenvalue weighted by Crippen LogP contribution is 2.20. The van der Waals surface area contributed by atoms with Crippen molar-refractivity contribution < 1.29 is 9.53 Å². The van der Waals surface area contributed by atoms with Crippen molar-refractivity contribution >= 4 is 23.0 Å². The standard InChI is InChI=1S/C21H27N3O2/c1-15-4-5-19(14-16(15)2)22-17(3)21(25)23-18-6-8-20(9-7-18)24-10-12-26-13-11-24/h4-9,14,17,22H,10-13H2,1-3H3,(H,23,25)/t17-/m0/s1. The molecule has 5 heteroatoms. The van der Waals surface area contributed by atoms with Gasteiger partial charge in [-0.05, 0) is 68.3 Å². The molecule has 26 heavy (non-hydrogen) atoms. The Morgan fingerprint density at radius 3 is 2.31 bits per heavy atom. The van der Waals surface area contributed by atoms with Gasteiger partial charge in [0.05, 0.1) is 13.2 Å². The lowest BCUT2D eigenvalue weighted by molar-refractivity contribution is -0.116. The predicted octanol–water partition coefficient (Wildman–Crippen LogP) is 3.58. The summed E-state index contributed by atoms with van der Waals surface area (Å²) in [5, 5.41) is 6.23. The van der Waals surface area contributed by atoms with E-state index in [1.807, 2.05) is 37.3 Å². The largest absolute Gasteiger partial charge is 0.378 e. The Hall–Kier alpha value is -2.53. The Morgan fingerprint density at radius 1 is 1.00 bits per heavy atom. The Kier molecular flexibility index (Phi) is 5.78. The smallest absolute Gasteiger partial charge is 0.246 e. The summed E-state index contributed by atoms with van der Waals surface area (Å²) in [6.07, 6.45) is 0. The molecule has 1 heterocycles. The fourth-order valence-electron chi connectivity index (χ4n) is 2.97. The number of carbonyl (C=O) groups excluding carboxylic acids is 1. The number of hydrogen-bond donors (Lipinski definition) is 2. The van der Waals surface area contributed by atoms with E-state index in [2.05, 4.69) is 41.5 Å². The maximum absolute atomic E-state index is 12.5. The zero-order valence-electron chi connectivity index (χ0n) is 15.7. The Bertz CT molecular complexity index is 752. The van der Waals surface area contributed by atoms with Gasteiger partial charge in [-0.3, -0.25) is 4.79 Å². The van der Waals surface area contributed by atoms with Gasteiger partial charge < -0.3 is 20.3 Å². The molecule has 1 amide bonds. The summed E-state index contributed by atoms with van der Waals surface area (Å²) in [6, 6.07) is 13.8. The van der Waals surface area contributed by atoms with Gasteiger partial charge >= 0.3 is 0 Å². The number of nitrogens with one attached hydrogen (secondary N) is 2. The van der Waals surface area contributed by atoms with Gasteiger partial charge in [0.25, 0.3) is 0 Å². The van der Waals surface area contributed by atoms with Crippen LogP contribution >= 0.6 is 0 Å². The van der Waals surface area contributed by atoms with E-state index in [-0.39, 0.29) is 11.9 Å². The number of morpholine rings is 1. The summed E-state index contributed by atoms with van der Waals surface area (Å²) in [5.74, 6) is -0.0534. The number of hydrogen-bond acceptors (Lipinski definition) is 4. The Balaban J connectivity index is 1.57. The highest BCUT2D eigenvalue weighted by Gasteiger charge is 2.14. The molecular formula is C21H27N3O2. The summed E-state index contributed by atoms with van der Waals surface area (Å²) in [5.41, 5.74) is 5.38. The fourth-order valence-corrected chi connectivity index (χ4v) is 2.97. The summed E-state index contributed by atoms with van der Waals surface area (Å²) in [6.45, 7) is 9.36. The summed E-state index contributed by atoms with van der Waals surface area (Å²) < 4.78 is 5.38. The predicted molar refractivity (Wildman–Crippen MR) is 107 cm³/mol. The minimum Gasteiger partial charge on any atom is -0.378 e. The first kappa shape index (κ1) is 18.3. The van der Waals surface area contributed by atoms with Crippen molar-refractivity contribution in [1.29, 1.82) is 0 Å². The zero-order chi connectivity index (χ0) is 18.5. The normalized spacial score (nSPS) is 15.4. The molecule has 1 aliphatic rings. The van der Waals surface area contributed by atoms with E-state index in [0.717, 1.165) is 43.4 Å². The second-order valence-corrected chi connectivity index (χ2v) is 6.80. The first-order chi connectivity index (χ1) is 12.5. The Morgan fingerprint density at radius 2 is 1.65 bits per heavy atom. The lowest BCUT2D eigenvalue weighted by Crippen LogP contribution is -2.36. The number of anilines is 3. The molecule has 2 aromatic carbocycles. The van der Waals surface area contributed by atoms with Crippen LogP contribution in [0.25, 0.3) is 0 Å².